The Morgan fingerprint density at radius 2 is 1.74 bits per heavy atom. The molecule has 0 amide bonds. The van der Waals surface area contributed by atoms with Gasteiger partial charge < -0.3 is 9.80 Å². The topological polar surface area (TPSA) is 62.5 Å². The van der Waals surface area contributed by atoms with Gasteiger partial charge in [0.25, 0.3) is 5.78 Å². The molecule has 23 heavy (non-hydrogen) atoms. The van der Waals surface area contributed by atoms with E-state index in [2.05, 4.69) is 49.8 Å². The highest BCUT2D eigenvalue weighted by atomic mass is 32.1. The van der Waals surface area contributed by atoms with Crippen LogP contribution in [0.5, 0.6) is 0 Å². The molecule has 8 heteroatoms. The number of rotatable bonds is 2. The number of nitrogens with zero attached hydrogens (tertiary/aromatic N) is 7. The van der Waals surface area contributed by atoms with Crippen LogP contribution in [0.1, 0.15) is 16.3 Å². The largest absolute Gasteiger partial charge is 0.353 e. The van der Waals surface area contributed by atoms with Gasteiger partial charge in [0.15, 0.2) is 5.13 Å². The second-order valence-electron chi connectivity index (χ2n) is 5.84. The zero-order valence-corrected chi connectivity index (χ0v) is 14.3. The van der Waals surface area contributed by atoms with E-state index in [1.54, 1.807) is 17.7 Å². The number of hydrogen-bond donors (Lipinski definition) is 0. The van der Waals surface area contributed by atoms with E-state index in [0.29, 0.717) is 5.78 Å². The molecule has 1 aliphatic rings. The number of thiazole rings is 1. The van der Waals surface area contributed by atoms with Gasteiger partial charge in [-0.25, -0.2) is 9.97 Å². The summed E-state index contributed by atoms with van der Waals surface area (Å²) in [4.78, 5) is 19.3. The smallest absolute Gasteiger partial charge is 0.254 e. The fourth-order valence-electron chi connectivity index (χ4n) is 2.85. The van der Waals surface area contributed by atoms with Gasteiger partial charge in [0.2, 0.25) is 0 Å². The van der Waals surface area contributed by atoms with Gasteiger partial charge in [0.1, 0.15) is 12.1 Å². The molecule has 0 aromatic carbocycles. The molecule has 1 fully saturated rings. The number of aryl methyl sites for hydroxylation is 3. The average Bonchev–Trinajstić information content (AvgIpc) is 3.14. The lowest BCUT2D eigenvalue weighted by molar-refractivity contribution is 0.636. The molecule has 0 radical (unpaired) electrons. The normalized spacial score (nSPS) is 15.6. The third-order valence-corrected chi connectivity index (χ3v) is 5.39. The lowest BCUT2D eigenvalue weighted by Crippen LogP contribution is -2.47. The zero-order chi connectivity index (χ0) is 16.0. The first kappa shape index (κ1) is 14.4. The van der Waals surface area contributed by atoms with Crippen molar-refractivity contribution in [2.45, 2.75) is 20.8 Å². The number of anilines is 2. The molecular formula is C15H19N7S. The molecule has 7 nitrogen and oxygen atoms in total. The minimum absolute atomic E-state index is 0.661. The van der Waals surface area contributed by atoms with Crippen LogP contribution >= 0.6 is 11.3 Å². The highest BCUT2D eigenvalue weighted by molar-refractivity contribution is 7.15. The van der Waals surface area contributed by atoms with Gasteiger partial charge in [-0.2, -0.15) is 14.6 Å². The van der Waals surface area contributed by atoms with Gasteiger partial charge >= 0.3 is 0 Å². The molecule has 120 valence electrons. The molecule has 4 rings (SSSR count). The Bertz CT molecular complexity index is 825. The molecule has 3 aromatic rings. The van der Waals surface area contributed by atoms with Gasteiger partial charge in [-0.3, -0.25) is 0 Å². The lowest BCUT2D eigenvalue weighted by atomic mass is 10.3. The van der Waals surface area contributed by atoms with Gasteiger partial charge in [0.05, 0.1) is 5.69 Å². The Labute approximate surface area is 138 Å². The summed E-state index contributed by atoms with van der Waals surface area (Å²) in [7, 11) is 0. The van der Waals surface area contributed by atoms with Crippen molar-refractivity contribution in [2.24, 2.45) is 0 Å². The van der Waals surface area contributed by atoms with Crippen LogP contribution in [0.3, 0.4) is 0 Å². The maximum absolute atomic E-state index is 4.68. The van der Waals surface area contributed by atoms with Gasteiger partial charge in [-0.05, 0) is 20.8 Å². The summed E-state index contributed by atoms with van der Waals surface area (Å²) in [5, 5.41) is 5.44. The number of piperazine rings is 1. The lowest BCUT2D eigenvalue weighted by Gasteiger charge is -2.35. The van der Waals surface area contributed by atoms with Crippen molar-refractivity contribution in [3.05, 3.63) is 28.7 Å². The van der Waals surface area contributed by atoms with E-state index in [4.69, 9.17) is 0 Å². The standard InChI is InChI=1S/C15H19N7S/c1-10-8-13(22-14(18-10)16-9-17-22)20-4-6-21(7-5-20)15-19-11(2)12(3)23-15/h8-9H,4-7H2,1-3H3. The van der Waals surface area contributed by atoms with Crippen LogP contribution in [0.15, 0.2) is 12.4 Å². The molecular weight excluding hydrogens is 310 g/mol. The molecule has 0 saturated carbocycles. The zero-order valence-electron chi connectivity index (χ0n) is 13.5. The van der Waals surface area contributed by atoms with Crippen molar-refractivity contribution in [2.75, 3.05) is 36.0 Å². The Morgan fingerprint density at radius 3 is 2.43 bits per heavy atom. The molecule has 1 aliphatic heterocycles. The Hall–Kier alpha value is -2.22. The van der Waals surface area contributed by atoms with Gasteiger partial charge in [0, 0.05) is 42.8 Å². The van der Waals surface area contributed by atoms with Crippen molar-refractivity contribution in [3.8, 4) is 0 Å². The minimum Gasteiger partial charge on any atom is -0.353 e. The molecule has 0 N–H and O–H groups in total. The van der Waals surface area contributed by atoms with E-state index in [-0.39, 0.29) is 0 Å². The minimum atomic E-state index is 0.661. The summed E-state index contributed by atoms with van der Waals surface area (Å²) in [6, 6.07) is 2.08. The highest BCUT2D eigenvalue weighted by Crippen LogP contribution is 2.27. The summed E-state index contributed by atoms with van der Waals surface area (Å²) in [6.45, 7) is 10.0. The molecule has 0 unspecified atom stereocenters. The van der Waals surface area contributed by atoms with Crippen LogP contribution in [-0.4, -0.2) is 50.7 Å². The van der Waals surface area contributed by atoms with Crippen LogP contribution in [0.4, 0.5) is 10.9 Å². The van der Waals surface area contributed by atoms with Crippen LogP contribution in [0.25, 0.3) is 5.78 Å². The van der Waals surface area contributed by atoms with E-state index in [1.807, 2.05) is 11.4 Å². The number of hydrogen-bond acceptors (Lipinski definition) is 7. The van der Waals surface area contributed by atoms with Crippen LogP contribution < -0.4 is 9.80 Å². The second kappa shape index (κ2) is 5.45. The summed E-state index contributed by atoms with van der Waals surface area (Å²) >= 11 is 1.78. The Kier molecular flexibility index (Phi) is 3.41. The maximum Gasteiger partial charge on any atom is 0.254 e. The van der Waals surface area contributed by atoms with Gasteiger partial charge in [-0.1, -0.05) is 0 Å². The van der Waals surface area contributed by atoms with E-state index >= 15 is 0 Å². The Morgan fingerprint density at radius 1 is 1.00 bits per heavy atom. The molecule has 0 aliphatic carbocycles. The molecule has 3 aromatic heterocycles. The quantitative estimate of drug-likeness (QED) is 0.715. The number of aromatic nitrogens is 5. The van der Waals surface area contributed by atoms with Crippen molar-refractivity contribution in [1.82, 2.24) is 24.6 Å². The molecule has 0 atom stereocenters. The SMILES string of the molecule is Cc1cc(N2CCN(c3nc(C)c(C)s3)CC2)n2ncnc2n1. The predicted molar refractivity (Wildman–Crippen MR) is 91.5 cm³/mol. The fraction of sp³-hybridized carbons (Fsp3) is 0.467. The molecule has 0 spiro atoms. The van der Waals surface area contributed by atoms with E-state index < -0.39 is 0 Å². The fourth-order valence-corrected chi connectivity index (χ4v) is 3.82. The maximum atomic E-state index is 4.68. The van der Waals surface area contributed by atoms with Crippen LogP contribution in [-0.2, 0) is 0 Å². The first-order chi connectivity index (χ1) is 11.1. The Balaban J connectivity index is 1.56. The van der Waals surface area contributed by atoms with E-state index in [9.17, 15) is 0 Å². The molecule has 4 heterocycles. The molecule has 0 bridgehead atoms. The molecule has 1 saturated heterocycles. The van der Waals surface area contributed by atoms with E-state index in [0.717, 1.165) is 48.5 Å². The third kappa shape index (κ3) is 2.52. The van der Waals surface area contributed by atoms with E-state index in [1.165, 1.54) is 4.88 Å². The predicted octanol–water partition coefficient (Wildman–Crippen LogP) is 1.83. The summed E-state index contributed by atoms with van der Waals surface area (Å²) in [5.41, 5.74) is 2.11. The second-order valence-corrected chi connectivity index (χ2v) is 7.02. The monoisotopic (exact) mass is 329 g/mol. The van der Waals surface area contributed by atoms with Gasteiger partial charge in [-0.15, -0.1) is 11.3 Å². The first-order valence-electron chi connectivity index (χ1n) is 7.73. The first-order valence-corrected chi connectivity index (χ1v) is 8.55. The highest BCUT2D eigenvalue weighted by Gasteiger charge is 2.22. The van der Waals surface area contributed by atoms with Crippen molar-refractivity contribution >= 4 is 28.1 Å². The van der Waals surface area contributed by atoms with Crippen LogP contribution in [0, 0.1) is 20.8 Å². The van der Waals surface area contributed by atoms with Crippen molar-refractivity contribution in [3.63, 3.8) is 0 Å². The average molecular weight is 329 g/mol. The summed E-state index contributed by atoms with van der Waals surface area (Å²) in [5.74, 6) is 1.73. The summed E-state index contributed by atoms with van der Waals surface area (Å²) < 4.78 is 1.82. The van der Waals surface area contributed by atoms with Crippen molar-refractivity contribution in [1.29, 1.82) is 0 Å². The number of fused-ring (bicyclic) bond motifs is 1. The van der Waals surface area contributed by atoms with Crippen LogP contribution in [0.2, 0.25) is 0 Å². The van der Waals surface area contributed by atoms with Crippen molar-refractivity contribution < 1.29 is 0 Å². The summed E-state index contributed by atoms with van der Waals surface area (Å²) in [6.07, 6.45) is 1.56. The third-order valence-electron chi connectivity index (χ3n) is 4.25.